The monoisotopic (exact) mass is 236 g/mol. The summed E-state index contributed by atoms with van der Waals surface area (Å²) in [5, 5.41) is 0. The van der Waals surface area contributed by atoms with Crippen molar-refractivity contribution in [2.24, 2.45) is 5.41 Å². The lowest BCUT2D eigenvalue weighted by molar-refractivity contribution is 0.00847. The van der Waals surface area contributed by atoms with E-state index < -0.39 is 0 Å². The van der Waals surface area contributed by atoms with Crippen LogP contribution in [-0.4, -0.2) is 27.4 Å². The second-order valence-corrected chi connectivity index (χ2v) is 5.26. The Morgan fingerprint density at radius 3 is 2.12 bits per heavy atom. The predicted molar refractivity (Wildman–Crippen MR) is 72.1 cm³/mol. The molecule has 1 rings (SSSR count). The quantitative estimate of drug-likeness (QED) is 0.727. The number of rotatable bonds is 5. The lowest BCUT2D eigenvalue weighted by atomic mass is 9.70. The van der Waals surface area contributed by atoms with E-state index in [-0.39, 0.29) is 5.41 Å². The van der Waals surface area contributed by atoms with Crippen LogP contribution < -0.4 is 0 Å². The zero-order valence-electron chi connectivity index (χ0n) is 11.6. The number of hydrogen-bond donors (Lipinski definition) is 0. The van der Waals surface area contributed by atoms with Crippen LogP contribution >= 0.6 is 0 Å². The lowest BCUT2D eigenvalue weighted by Crippen LogP contribution is -2.35. The van der Waals surface area contributed by atoms with E-state index in [2.05, 4.69) is 20.1 Å². The van der Waals surface area contributed by atoms with E-state index in [0.717, 1.165) is 24.0 Å². The van der Waals surface area contributed by atoms with Gasteiger partial charge >= 0.3 is 0 Å². The molecular weight excluding hydrogens is 212 g/mol. The molecule has 96 valence electrons. The van der Waals surface area contributed by atoms with E-state index >= 15 is 0 Å². The van der Waals surface area contributed by atoms with Gasteiger partial charge in [0.05, 0.1) is 13.2 Å². The maximum Gasteiger partial charge on any atom is 0.0547 e. The van der Waals surface area contributed by atoms with E-state index in [1.165, 1.54) is 11.1 Å². The van der Waals surface area contributed by atoms with Crippen LogP contribution in [0.2, 0.25) is 0 Å². The Kier molecular flexibility index (Phi) is 4.72. The highest BCUT2D eigenvalue weighted by Gasteiger charge is 2.36. The Balaban J connectivity index is 3.03. The molecule has 0 aromatic carbocycles. The Bertz CT molecular complexity index is 344. The summed E-state index contributed by atoms with van der Waals surface area (Å²) < 4.78 is 10.7. The number of ether oxygens (including phenoxy) is 2. The van der Waals surface area contributed by atoms with Crippen LogP contribution in [0.1, 0.15) is 26.7 Å². The molecular formula is C15H24O2. The Labute approximate surface area is 105 Å². The molecule has 0 atom stereocenters. The maximum absolute atomic E-state index is 5.36. The summed E-state index contributed by atoms with van der Waals surface area (Å²) in [7, 11) is 3.49. The average molecular weight is 236 g/mol. The third-order valence-electron chi connectivity index (χ3n) is 3.34. The first-order valence-electron chi connectivity index (χ1n) is 5.97. The zero-order valence-corrected chi connectivity index (χ0v) is 11.6. The largest absolute Gasteiger partial charge is 0.384 e. The van der Waals surface area contributed by atoms with Crippen molar-refractivity contribution >= 4 is 0 Å². The Morgan fingerprint density at radius 2 is 1.76 bits per heavy atom. The minimum absolute atomic E-state index is 0.0453. The molecule has 2 heteroatoms. The van der Waals surface area contributed by atoms with Gasteiger partial charge in [-0.25, -0.2) is 0 Å². The first-order valence-corrected chi connectivity index (χ1v) is 5.97. The van der Waals surface area contributed by atoms with Crippen molar-refractivity contribution in [2.75, 3.05) is 27.4 Å². The molecule has 0 amide bonds. The summed E-state index contributed by atoms with van der Waals surface area (Å²) in [5.74, 6) is 0. The molecule has 0 unspecified atom stereocenters. The van der Waals surface area contributed by atoms with Gasteiger partial charge < -0.3 is 9.47 Å². The smallest absolute Gasteiger partial charge is 0.0547 e. The summed E-state index contributed by atoms with van der Waals surface area (Å²) in [5.41, 5.74) is 4.92. The van der Waals surface area contributed by atoms with Crippen molar-refractivity contribution in [3.8, 4) is 0 Å². The first-order chi connectivity index (χ1) is 7.95. The normalized spacial score (nSPS) is 19.6. The molecule has 0 spiro atoms. The predicted octanol–water partition coefficient (Wildman–Crippen LogP) is 3.51. The van der Waals surface area contributed by atoms with Crippen LogP contribution in [0.15, 0.2) is 35.5 Å². The topological polar surface area (TPSA) is 18.5 Å². The van der Waals surface area contributed by atoms with E-state index in [1.807, 2.05) is 6.92 Å². The van der Waals surface area contributed by atoms with Gasteiger partial charge in [-0.1, -0.05) is 24.3 Å². The lowest BCUT2D eigenvalue weighted by Gasteiger charge is -2.39. The van der Waals surface area contributed by atoms with Gasteiger partial charge in [-0.3, -0.25) is 0 Å². The van der Waals surface area contributed by atoms with Crippen LogP contribution in [0.3, 0.4) is 0 Å². The molecule has 0 radical (unpaired) electrons. The molecule has 0 aliphatic heterocycles. The molecule has 0 aromatic heterocycles. The molecule has 0 heterocycles. The fourth-order valence-corrected chi connectivity index (χ4v) is 3.08. The molecule has 0 aromatic rings. The van der Waals surface area contributed by atoms with Gasteiger partial charge in [0.15, 0.2) is 0 Å². The highest BCUT2D eigenvalue weighted by molar-refractivity contribution is 5.49. The molecule has 1 aliphatic carbocycles. The molecule has 2 nitrogen and oxygen atoms in total. The maximum atomic E-state index is 5.36. The molecule has 17 heavy (non-hydrogen) atoms. The molecule has 1 aliphatic rings. The van der Waals surface area contributed by atoms with Crippen LogP contribution in [0.4, 0.5) is 0 Å². The fourth-order valence-electron chi connectivity index (χ4n) is 3.08. The van der Waals surface area contributed by atoms with Crippen LogP contribution in [-0.2, 0) is 9.47 Å². The van der Waals surface area contributed by atoms with E-state index in [0.29, 0.717) is 13.2 Å². The average Bonchev–Trinajstić information content (AvgIpc) is 2.15. The van der Waals surface area contributed by atoms with Crippen LogP contribution in [0.5, 0.6) is 0 Å². The van der Waals surface area contributed by atoms with Gasteiger partial charge in [0.25, 0.3) is 0 Å². The van der Waals surface area contributed by atoms with E-state index in [1.54, 1.807) is 14.2 Å². The molecule has 0 N–H and O–H groups in total. The minimum atomic E-state index is 0.0453. The minimum Gasteiger partial charge on any atom is -0.384 e. The van der Waals surface area contributed by atoms with Crippen LogP contribution in [0, 0.1) is 5.41 Å². The number of allylic oxidation sites excluding steroid dienone is 4. The fraction of sp³-hybridized carbons (Fsp3) is 0.600. The van der Waals surface area contributed by atoms with Gasteiger partial charge in [-0.05, 0) is 37.8 Å². The van der Waals surface area contributed by atoms with Crippen molar-refractivity contribution in [1.29, 1.82) is 0 Å². The molecule has 0 bridgehead atoms. The summed E-state index contributed by atoms with van der Waals surface area (Å²) in [6, 6.07) is 0. The third kappa shape index (κ3) is 3.08. The highest BCUT2D eigenvalue weighted by Crippen LogP contribution is 2.43. The van der Waals surface area contributed by atoms with Crippen molar-refractivity contribution in [1.82, 2.24) is 0 Å². The third-order valence-corrected chi connectivity index (χ3v) is 3.34. The summed E-state index contributed by atoms with van der Waals surface area (Å²) in [6.07, 6.45) is 1.92. The molecule has 0 saturated carbocycles. The number of methoxy groups -OCH3 is 2. The van der Waals surface area contributed by atoms with Gasteiger partial charge in [-0.2, -0.15) is 0 Å². The first kappa shape index (κ1) is 14.2. The second-order valence-electron chi connectivity index (χ2n) is 5.26. The van der Waals surface area contributed by atoms with Gasteiger partial charge in [-0.15, -0.1) is 0 Å². The van der Waals surface area contributed by atoms with Crippen molar-refractivity contribution in [2.45, 2.75) is 26.7 Å². The van der Waals surface area contributed by atoms with E-state index in [9.17, 15) is 0 Å². The standard InChI is InChI=1S/C15H24O2/c1-11(2)14-12(3)7-15(9-16-5,10-17-6)8-13(14)4/h1,3,7-10H2,2,4-6H3. The Morgan fingerprint density at radius 1 is 1.24 bits per heavy atom. The summed E-state index contributed by atoms with van der Waals surface area (Å²) in [4.78, 5) is 0. The van der Waals surface area contributed by atoms with E-state index in [4.69, 9.17) is 9.47 Å². The molecule has 0 fully saturated rings. The van der Waals surface area contributed by atoms with Crippen molar-refractivity contribution < 1.29 is 9.47 Å². The van der Waals surface area contributed by atoms with Crippen LogP contribution in [0.25, 0.3) is 0 Å². The van der Waals surface area contributed by atoms with Gasteiger partial charge in [0.2, 0.25) is 0 Å². The SMILES string of the molecule is C=C(C)C1=C(C)CC(COC)(COC)CC1=C. The second kappa shape index (κ2) is 5.65. The zero-order chi connectivity index (χ0) is 13.1. The highest BCUT2D eigenvalue weighted by atomic mass is 16.5. The van der Waals surface area contributed by atoms with Crippen molar-refractivity contribution in [3.05, 3.63) is 35.5 Å². The van der Waals surface area contributed by atoms with Gasteiger partial charge in [0.1, 0.15) is 0 Å². The summed E-state index contributed by atoms with van der Waals surface area (Å²) >= 11 is 0. The van der Waals surface area contributed by atoms with Gasteiger partial charge in [0, 0.05) is 19.6 Å². The summed E-state index contributed by atoms with van der Waals surface area (Å²) in [6.45, 7) is 13.9. The molecule has 0 saturated heterocycles. The van der Waals surface area contributed by atoms with Crippen molar-refractivity contribution in [3.63, 3.8) is 0 Å². The number of hydrogen-bond acceptors (Lipinski definition) is 2. The Hall–Kier alpha value is -0.860.